The van der Waals surface area contributed by atoms with E-state index in [0.717, 1.165) is 20.2 Å². The van der Waals surface area contributed by atoms with E-state index in [-0.39, 0.29) is 6.10 Å². The van der Waals surface area contributed by atoms with Crippen LogP contribution in [0, 0.1) is 0 Å². The van der Waals surface area contributed by atoms with Gasteiger partial charge in [-0.05, 0) is 40.2 Å². The van der Waals surface area contributed by atoms with Crippen molar-refractivity contribution in [3.05, 3.63) is 45.1 Å². The summed E-state index contributed by atoms with van der Waals surface area (Å²) >= 11 is 5.07. The zero-order valence-electron chi connectivity index (χ0n) is 9.93. The van der Waals surface area contributed by atoms with Crippen molar-refractivity contribution in [1.29, 1.82) is 0 Å². The summed E-state index contributed by atoms with van der Waals surface area (Å²) < 4.78 is 12.1. The first-order chi connectivity index (χ1) is 8.72. The van der Waals surface area contributed by atoms with Crippen molar-refractivity contribution < 1.29 is 9.47 Å². The van der Waals surface area contributed by atoms with Crippen LogP contribution in [0.2, 0.25) is 0 Å². The third-order valence-corrected chi connectivity index (χ3v) is 4.16. The lowest BCUT2D eigenvalue weighted by molar-refractivity contribution is 0.217. The highest BCUT2D eigenvalue weighted by Crippen LogP contribution is 2.31. The Hall–Kier alpha value is -1.04. The van der Waals surface area contributed by atoms with Gasteiger partial charge in [-0.15, -0.1) is 11.3 Å². The topological polar surface area (TPSA) is 44.5 Å². The van der Waals surface area contributed by atoms with E-state index < -0.39 is 0 Å². The minimum Gasteiger partial charge on any atom is -0.497 e. The third-order valence-electron chi connectivity index (χ3n) is 2.44. The number of ether oxygens (including phenoxy) is 2. The van der Waals surface area contributed by atoms with Crippen LogP contribution in [-0.4, -0.2) is 13.7 Å². The van der Waals surface area contributed by atoms with E-state index in [0.29, 0.717) is 6.54 Å². The summed E-state index contributed by atoms with van der Waals surface area (Å²) in [6.45, 7) is 0.435. The number of halogens is 1. The quantitative estimate of drug-likeness (QED) is 0.912. The molecule has 0 saturated carbocycles. The summed E-state index contributed by atoms with van der Waals surface area (Å²) in [5.41, 5.74) is 5.77. The van der Waals surface area contributed by atoms with Crippen molar-refractivity contribution in [3.8, 4) is 11.5 Å². The van der Waals surface area contributed by atoms with E-state index in [1.54, 1.807) is 18.4 Å². The van der Waals surface area contributed by atoms with Gasteiger partial charge in [-0.2, -0.15) is 0 Å². The Morgan fingerprint density at radius 2 is 2.06 bits per heavy atom. The molecule has 0 bridgehead atoms. The SMILES string of the molecule is COc1cccc(OC(CN)c2ccc(Br)s2)c1. The molecule has 1 atom stereocenters. The third kappa shape index (κ3) is 3.25. The fourth-order valence-corrected chi connectivity index (χ4v) is 3.03. The van der Waals surface area contributed by atoms with Gasteiger partial charge in [-0.25, -0.2) is 0 Å². The van der Waals surface area contributed by atoms with E-state index in [1.807, 2.05) is 36.4 Å². The van der Waals surface area contributed by atoms with Crippen molar-refractivity contribution in [3.63, 3.8) is 0 Å². The average Bonchev–Trinajstić information content (AvgIpc) is 2.82. The second-order valence-corrected chi connectivity index (χ2v) is 6.16. The first-order valence-corrected chi connectivity index (χ1v) is 7.10. The Kier molecular flexibility index (Phi) is 4.63. The molecular weight excluding hydrogens is 314 g/mol. The Balaban J connectivity index is 2.14. The molecule has 1 aromatic heterocycles. The van der Waals surface area contributed by atoms with Crippen LogP contribution in [-0.2, 0) is 0 Å². The van der Waals surface area contributed by atoms with E-state index in [1.165, 1.54) is 0 Å². The summed E-state index contributed by atoms with van der Waals surface area (Å²) in [4.78, 5) is 1.10. The van der Waals surface area contributed by atoms with Crippen molar-refractivity contribution in [1.82, 2.24) is 0 Å². The van der Waals surface area contributed by atoms with Crippen LogP contribution in [0.25, 0.3) is 0 Å². The molecule has 0 fully saturated rings. The molecular formula is C13H14BrNO2S. The zero-order valence-corrected chi connectivity index (χ0v) is 12.3. The number of benzene rings is 1. The molecule has 18 heavy (non-hydrogen) atoms. The Morgan fingerprint density at radius 3 is 2.67 bits per heavy atom. The maximum atomic E-state index is 5.89. The van der Waals surface area contributed by atoms with Gasteiger partial charge in [0, 0.05) is 17.5 Å². The normalized spacial score (nSPS) is 12.2. The van der Waals surface area contributed by atoms with Crippen molar-refractivity contribution in [2.45, 2.75) is 6.10 Å². The molecule has 1 heterocycles. The van der Waals surface area contributed by atoms with E-state index in [9.17, 15) is 0 Å². The predicted molar refractivity (Wildman–Crippen MR) is 77.4 cm³/mol. The molecule has 3 nitrogen and oxygen atoms in total. The molecule has 0 aliphatic heterocycles. The van der Waals surface area contributed by atoms with Gasteiger partial charge in [0.25, 0.3) is 0 Å². The summed E-state index contributed by atoms with van der Waals surface area (Å²) in [7, 11) is 1.63. The molecule has 5 heteroatoms. The Labute approximate surface area is 119 Å². The highest BCUT2D eigenvalue weighted by molar-refractivity contribution is 9.11. The van der Waals surface area contributed by atoms with Crippen LogP contribution in [0.4, 0.5) is 0 Å². The van der Waals surface area contributed by atoms with Gasteiger partial charge in [0.2, 0.25) is 0 Å². The molecule has 0 aliphatic carbocycles. The molecule has 2 N–H and O–H groups in total. The second kappa shape index (κ2) is 6.22. The lowest BCUT2D eigenvalue weighted by Gasteiger charge is -2.16. The highest BCUT2D eigenvalue weighted by Gasteiger charge is 2.14. The lowest BCUT2D eigenvalue weighted by atomic mass is 10.2. The number of hydrogen-bond acceptors (Lipinski definition) is 4. The second-order valence-electron chi connectivity index (χ2n) is 3.66. The average molecular weight is 328 g/mol. The molecule has 0 amide bonds. The maximum absolute atomic E-state index is 5.89. The summed E-state index contributed by atoms with van der Waals surface area (Å²) in [5.74, 6) is 1.53. The standard InChI is InChI=1S/C13H14BrNO2S/c1-16-9-3-2-4-10(7-9)17-11(8-15)12-5-6-13(14)18-12/h2-7,11H,8,15H2,1H3. The number of hydrogen-bond donors (Lipinski definition) is 1. The molecule has 0 saturated heterocycles. The van der Waals surface area contributed by atoms with Crippen LogP contribution >= 0.6 is 27.3 Å². The number of nitrogens with two attached hydrogens (primary N) is 1. The van der Waals surface area contributed by atoms with Crippen molar-refractivity contribution >= 4 is 27.3 Å². The summed E-state index contributed by atoms with van der Waals surface area (Å²) in [6.07, 6.45) is -0.131. The maximum Gasteiger partial charge on any atom is 0.145 e. The molecule has 2 rings (SSSR count). The molecule has 0 spiro atoms. The number of thiophene rings is 1. The van der Waals surface area contributed by atoms with Crippen LogP contribution in [0.1, 0.15) is 11.0 Å². The van der Waals surface area contributed by atoms with Gasteiger partial charge < -0.3 is 15.2 Å². The van der Waals surface area contributed by atoms with Crippen LogP contribution in [0.3, 0.4) is 0 Å². The van der Waals surface area contributed by atoms with Gasteiger partial charge in [0.15, 0.2) is 0 Å². The van der Waals surface area contributed by atoms with Crippen molar-refractivity contribution in [2.75, 3.05) is 13.7 Å². The fourth-order valence-electron chi connectivity index (χ4n) is 1.56. The van der Waals surface area contributed by atoms with E-state index in [2.05, 4.69) is 15.9 Å². The largest absolute Gasteiger partial charge is 0.497 e. The molecule has 1 aromatic carbocycles. The smallest absolute Gasteiger partial charge is 0.145 e. The first-order valence-electron chi connectivity index (χ1n) is 5.49. The van der Waals surface area contributed by atoms with Crippen LogP contribution in [0.5, 0.6) is 11.5 Å². The number of rotatable bonds is 5. The zero-order chi connectivity index (χ0) is 13.0. The summed E-state index contributed by atoms with van der Waals surface area (Å²) in [6, 6.07) is 11.5. The first kappa shape index (κ1) is 13.4. The van der Waals surface area contributed by atoms with Gasteiger partial charge in [-0.3, -0.25) is 0 Å². The predicted octanol–water partition coefficient (Wildman–Crippen LogP) is 3.60. The van der Waals surface area contributed by atoms with Gasteiger partial charge in [0.1, 0.15) is 17.6 Å². The van der Waals surface area contributed by atoms with Crippen LogP contribution in [0.15, 0.2) is 40.2 Å². The minimum atomic E-state index is -0.131. The minimum absolute atomic E-state index is 0.131. The molecule has 96 valence electrons. The van der Waals surface area contributed by atoms with Crippen LogP contribution < -0.4 is 15.2 Å². The van der Waals surface area contributed by atoms with E-state index >= 15 is 0 Å². The fraction of sp³-hybridized carbons (Fsp3) is 0.231. The Bertz CT molecular complexity index is 515. The van der Waals surface area contributed by atoms with Gasteiger partial charge >= 0.3 is 0 Å². The molecule has 0 aliphatic rings. The molecule has 1 unspecified atom stereocenters. The summed E-state index contributed by atoms with van der Waals surface area (Å²) in [5, 5.41) is 0. The number of methoxy groups -OCH3 is 1. The molecule has 0 radical (unpaired) electrons. The lowest BCUT2D eigenvalue weighted by Crippen LogP contribution is -2.17. The van der Waals surface area contributed by atoms with Gasteiger partial charge in [0.05, 0.1) is 10.9 Å². The monoisotopic (exact) mass is 327 g/mol. The van der Waals surface area contributed by atoms with E-state index in [4.69, 9.17) is 15.2 Å². The van der Waals surface area contributed by atoms with Crippen molar-refractivity contribution in [2.24, 2.45) is 5.73 Å². The molecule has 2 aromatic rings. The van der Waals surface area contributed by atoms with Gasteiger partial charge in [-0.1, -0.05) is 6.07 Å². The highest BCUT2D eigenvalue weighted by atomic mass is 79.9. The Morgan fingerprint density at radius 1 is 1.28 bits per heavy atom.